The molecule has 6 heteroatoms. The monoisotopic (exact) mass is 233 g/mol. The predicted molar refractivity (Wildman–Crippen MR) is 61.7 cm³/mol. The largest absolute Gasteiger partial charge is 0.292 e. The highest BCUT2D eigenvalue weighted by Gasteiger charge is 2.17. The molecule has 0 aliphatic rings. The lowest BCUT2D eigenvalue weighted by molar-refractivity contribution is 0.0983. The molecule has 2 heterocycles. The van der Waals surface area contributed by atoms with E-state index in [0.717, 1.165) is 17.0 Å². The minimum absolute atomic E-state index is 0.0108. The summed E-state index contributed by atoms with van der Waals surface area (Å²) < 4.78 is 3.28. The van der Waals surface area contributed by atoms with Crippen molar-refractivity contribution in [1.29, 1.82) is 0 Å². The molecule has 2 aromatic heterocycles. The zero-order valence-corrected chi connectivity index (χ0v) is 10.4. The minimum Gasteiger partial charge on any atom is -0.292 e. The molecule has 0 aromatic carbocycles. The number of hydrogen-bond donors (Lipinski definition) is 0. The number of hydrogen-bond acceptors (Lipinski definition) is 4. The van der Waals surface area contributed by atoms with Crippen LogP contribution in [0.3, 0.4) is 0 Å². The fourth-order valence-electron chi connectivity index (χ4n) is 1.87. The highest BCUT2D eigenvalue weighted by atomic mass is 16.1. The minimum atomic E-state index is 0.0108. The molecule has 0 saturated heterocycles. The van der Waals surface area contributed by atoms with Crippen LogP contribution in [0, 0.1) is 13.8 Å². The molecule has 0 unspecified atom stereocenters. The van der Waals surface area contributed by atoms with Gasteiger partial charge in [-0.3, -0.25) is 9.48 Å². The molecule has 90 valence electrons. The quantitative estimate of drug-likeness (QED) is 0.728. The van der Waals surface area contributed by atoms with E-state index in [0.29, 0.717) is 12.1 Å². The molecule has 2 rings (SSSR count). The molecule has 0 aliphatic heterocycles. The van der Waals surface area contributed by atoms with E-state index < -0.39 is 0 Å². The van der Waals surface area contributed by atoms with Crippen LogP contribution in [0.15, 0.2) is 6.20 Å². The molecule has 0 saturated carbocycles. The van der Waals surface area contributed by atoms with Gasteiger partial charge in [-0.2, -0.15) is 5.10 Å². The van der Waals surface area contributed by atoms with Crippen LogP contribution in [0.25, 0.3) is 0 Å². The Morgan fingerprint density at radius 3 is 2.47 bits per heavy atom. The maximum atomic E-state index is 12.1. The van der Waals surface area contributed by atoms with Crippen LogP contribution >= 0.6 is 0 Å². The van der Waals surface area contributed by atoms with E-state index in [1.165, 1.54) is 10.9 Å². The summed E-state index contributed by atoms with van der Waals surface area (Å²) in [7, 11) is 3.59. The first-order valence-corrected chi connectivity index (χ1v) is 5.37. The van der Waals surface area contributed by atoms with Crippen LogP contribution < -0.4 is 0 Å². The Morgan fingerprint density at radius 2 is 2.00 bits per heavy atom. The summed E-state index contributed by atoms with van der Waals surface area (Å²) in [5.41, 5.74) is 3.42. The molecule has 0 fully saturated rings. The van der Waals surface area contributed by atoms with Crippen LogP contribution in [0.1, 0.15) is 27.4 Å². The van der Waals surface area contributed by atoms with Crippen LogP contribution in [0.2, 0.25) is 0 Å². The third-order valence-corrected chi connectivity index (χ3v) is 3.00. The molecule has 2 aromatic rings. The van der Waals surface area contributed by atoms with Crippen molar-refractivity contribution < 1.29 is 4.79 Å². The zero-order valence-electron chi connectivity index (χ0n) is 10.4. The third kappa shape index (κ3) is 1.98. The van der Waals surface area contributed by atoms with Crippen molar-refractivity contribution in [3.63, 3.8) is 0 Å². The molecule has 0 spiro atoms. The highest BCUT2D eigenvalue weighted by molar-refractivity contribution is 5.95. The molecule has 0 radical (unpaired) electrons. The Bertz CT molecular complexity index is 566. The van der Waals surface area contributed by atoms with E-state index in [9.17, 15) is 4.79 Å². The van der Waals surface area contributed by atoms with Crippen molar-refractivity contribution in [2.24, 2.45) is 14.1 Å². The Hall–Kier alpha value is -1.98. The smallest absolute Gasteiger partial charge is 0.186 e. The van der Waals surface area contributed by atoms with Crippen LogP contribution in [0.4, 0.5) is 0 Å². The molecule has 0 N–H and O–H groups in total. The molecule has 0 bridgehead atoms. The van der Waals surface area contributed by atoms with Gasteiger partial charge in [0, 0.05) is 31.8 Å². The van der Waals surface area contributed by atoms with Gasteiger partial charge in [0.25, 0.3) is 0 Å². The van der Waals surface area contributed by atoms with E-state index in [-0.39, 0.29) is 5.78 Å². The summed E-state index contributed by atoms with van der Waals surface area (Å²) in [5, 5.41) is 11.8. The average molecular weight is 233 g/mol. The number of nitrogens with zero attached hydrogens (tertiary/aromatic N) is 5. The summed E-state index contributed by atoms with van der Waals surface area (Å²) in [4.78, 5) is 12.1. The summed E-state index contributed by atoms with van der Waals surface area (Å²) >= 11 is 0. The molecule has 6 nitrogen and oxygen atoms in total. The lowest BCUT2D eigenvalue weighted by Crippen LogP contribution is -2.10. The standard InChI is InChI=1S/C11H15N5O/c1-7-9(8(2)15(3)13-7)5-11(17)10-6-12-14-16(10)4/h6H,5H2,1-4H3. The first-order valence-electron chi connectivity index (χ1n) is 5.37. The SMILES string of the molecule is Cc1nn(C)c(C)c1CC(=O)c1cnnn1C. The molecule has 0 amide bonds. The summed E-state index contributed by atoms with van der Waals surface area (Å²) in [6, 6.07) is 0. The topological polar surface area (TPSA) is 65.6 Å². The van der Waals surface area contributed by atoms with Crippen molar-refractivity contribution in [2.75, 3.05) is 0 Å². The van der Waals surface area contributed by atoms with E-state index >= 15 is 0 Å². The second-order valence-corrected chi connectivity index (χ2v) is 4.12. The number of carbonyl (C=O) groups excluding carboxylic acids is 1. The number of Topliss-reactive ketones (excluding diaryl/α,β-unsaturated/α-hetero) is 1. The van der Waals surface area contributed by atoms with Crippen molar-refractivity contribution in [3.05, 3.63) is 28.8 Å². The van der Waals surface area contributed by atoms with Gasteiger partial charge in [0.05, 0.1) is 11.9 Å². The lowest BCUT2D eigenvalue weighted by Gasteiger charge is -2.01. The number of aryl methyl sites for hydroxylation is 3. The van der Waals surface area contributed by atoms with Gasteiger partial charge in [-0.25, -0.2) is 4.68 Å². The summed E-state index contributed by atoms with van der Waals surface area (Å²) in [5.74, 6) is 0.0108. The molecular formula is C11H15N5O. The van der Waals surface area contributed by atoms with Gasteiger partial charge in [-0.05, 0) is 13.8 Å². The highest BCUT2D eigenvalue weighted by Crippen LogP contribution is 2.14. The van der Waals surface area contributed by atoms with Crippen LogP contribution in [-0.2, 0) is 20.5 Å². The van der Waals surface area contributed by atoms with Crippen molar-refractivity contribution in [1.82, 2.24) is 24.8 Å². The molecular weight excluding hydrogens is 218 g/mol. The van der Waals surface area contributed by atoms with Gasteiger partial charge in [0.2, 0.25) is 0 Å². The van der Waals surface area contributed by atoms with E-state index in [2.05, 4.69) is 15.4 Å². The Balaban J connectivity index is 2.28. The predicted octanol–water partition coefficient (Wildman–Crippen LogP) is 0.591. The molecule has 17 heavy (non-hydrogen) atoms. The van der Waals surface area contributed by atoms with Crippen molar-refractivity contribution in [3.8, 4) is 0 Å². The average Bonchev–Trinajstić information content (AvgIpc) is 2.78. The first kappa shape index (κ1) is 11.5. The van der Waals surface area contributed by atoms with Gasteiger partial charge in [-0.1, -0.05) is 5.21 Å². The number of ketones is 1. The van der Waals surface area contributed by atoms with E-state index in [1.807, 2.05) is 20.9 Å². The Kier molecular flexibility index (Phi) is 2.79. The van der Waals surface area contributed by atoms with E-state index in [4.69, 9.17) is 0 Å². The second kappa shape index (κ2) is 4.12. The van der Waals surface area contributed by atoms with Crippen LogP contribution in [-0.4, -0.2) is 30.6 Å². The lowest BCUT2D eigenvalue weighted by atomic mass is 10.1. The second-order valence-electron chi connectivity index (χ2n) is 4.12. The fourth-order valence-corrected chi connectivity index (χ4v) is 1.87. The third-order valence-electron chi connectivity index (χ3n) is 3.00. The van der Waals surface area contributed by atoms with Crippen molar-refractivity contribution >= 4 is 5.78 Å². The Labute approximate surface area is 99.2 Å². The van der Waals surface area contributed by atoms with Gasteiger partial charge in [0.1, 0.15) is 5.69 Å². The molecule has 0 atom stereocenters. The van der Waals surface area contributed by atoms with Crippen LogP contribution in [0.5, 0.6) is 0 Å². The number of carbonyl (C=O) groups is 1. The maximum absolute atomic E-state index is 12.1. The zero-order chi connectivity index (χ0) is 12.6. The number of aromatic nitrogens is 5. The maximum Gasteiger partial charge on any atom is 0.186 e. The summed E-state index contributed by atoms with van der Waals surface area (Å²) in [6.45, 7) is 3.88. The molecule has 0 aliphatic carbocycles. The van der Waals surface area contributed by atoms with Crippen molar-refractivity contribution in [2.45, 2.75) is 20.3 Å². The summed E-state index contributed by atoms with van der Waals surface area (Å²) in [6.07, 6.45) is 1.83. The van der Waals surface area contributed by atoms with E-state index in [1.54, 1.807) is 11.7 Å². The number of rotatable bonds is 3. The Morgan fingerprint density at radius 1 is 1.29 bits per heavy atom. The first-order chi connectivity index (χ1) is 8.00. The normalized spacial score (nSPS) is 10.8. The van der Waals surface area contributed by atoms with Gasteiger partial charge >= 0.3 is 0 Å². The van der Waals surface area contributed by atoms with Gasteiger partial charge < -0.3 is 0 Å². The van der Waals surface area contributed by atoms with Gasteiger partial charge in [-0.15, -0.1) is 5.10 Å². The van der Waals surface area contributed by atoms with Gasteiger partial charge in [0.15, 0.2) is 5.78 Å². The fraction of sp³-hybridized carbons (Fsp3) is 0.455.